The molecule has 0 aliphatic heterocycles. The van der Waals surface area contributed by atoms with Crippen molar-refractivity contribution in [2.45, 2.75) is 6.54 Å². The average molecular weight is 165 g/mol. The van der Waals surface area contributed by atoms with E-state index in [-0.39, 0.29) is 5.96 Å². The predicted octanol–water partition coefficient (Wildman–Crippen LogP) is 0.480. The highest BCUT2D eigenvalue weighted by Gasteiger charge is 1.88. The molecule has 1 aromatic rings. The summed E-state index contributed by atoms with van der Waals surface area (Å²) in [7, 11) is 0. The first-order valence-electron chi connectivity index (χ1n) is 3.57. The van der Waals surface area contributed by atoms with E-state index >= 15 is 0 Å². The van der Waals surface area contributed by atoms with Crippen LogP contribution in [0.25, 0.3) is 0 Å². The first-order valence-corrected chi connectivity index (χ1v) is 3.57. The number of hydrogen-bond acceptors (Lipinski definition) is 2. The summed E-state index contributed by atoms with van der Waals surface area (Å²) in [5.74, 6) is 0.0267. The molecule has 0 spiro atoms. The summed E-state index contributed by atoms with van der Waals surface area (Å²) in [6.45, 7) is 0.472. The van der Waals surface area contributed by atoms with Crippen LogP contribution < -0.4 is 11.2 Å². The van der Waals surface area contributed by atoms with E-state index in [1.165, 1.54) is 0 Å². The molecular weight excluding hydrogens is 154 g/mol. The lowest BCUT2D eigenvalue weighted by molar-refractivity contribution is 0.232. The molecule has 4 nitrogen and oxygen atoms in total. The van der Waals surface area contributed by atoms with Gasteiger partial charge in [0.25, 0.3) is 0 Å². The topological polar surface area (TPSA) is 70.6 Å². The zero-order valence-electron chi connectivity index (χ0n) is 6.57. The van der Waals surface area contributed by atoms with E-state index in [0.29, 0.717) is 6.54 Å². The van der Waals surface area contributed by atoms with E-state index in [0.717, 1.165) is 5.56 Å². The number of hydrogen-bond donors (Lipinski definition) is 3. The second-order valence-corrected chi connectivity index (χ2v) is 2.30. The number of hydroxylamine groups is 1. The number of nitrogens with two attached hydrogens (primary N) is 1. The molecule has 1 aromatic carbocycles. The zero-order valence-corrected chi connectivity index (χ0v) is 6.57. The molecule has 0 aliphatic rings. The van der Waals surface area contributed by atoms with Gasteiger partial charge in [0.1, 0.15) is 0 Å². The fraction of sp³-hybridized carbons (Fsp3) is 0.125. The summed E-state index contributed by atoms with van der Waals surface area (Å²) >= 11 is 0. The highest BCUT2D eigenvalue weighted by molar-refractivity contribution is 5.76. The molecule has 12 heavy (non-hydrogen) atoms. The van der Waals surface area contributed by atoms with Crippen molar-refractivity contribution in [2.75, 3.05) is 0 Å². The van der Waals surface area contributed by atoms with Crippen molar-refractivity contribution in [2.24, 2.45) is 10.7 Å². The maximum atomic E-state index is 8.31. The van der Waals surface area contributed by atoms with E-state index in [4.69, 9.17) is 10.9 Å². The summed E-state index contributed by atoms with van der Waals surface area (Å²) in [5.41, 5.74) is 8.02. The quantitative estimate of drug-likeness (QED) is 0.339. The third-order valence-corrected chi connectivity index (χ3v) is 1.39. The molecule has 0 saturated heterocycles. The minimum absolute atomic E-state index is 0.0267. The van der Waals surface area contributed by atoms with Gasteiger partial charge in [-0.3, -0.25) is 5.21 Å². The lowest BCUT2D eigenvalue weighted by Gasteiger charge is -1.97. The van der Waals surface area contributed by atoms with Gasteiger partial charge < -0.3 is 5.73 Å². The molecule has 0 aromatic heterocycles. The van der Waals surface area contributed by atoms with Gasteiger partial charge in [0, 0.05) is 0 Å². The van der Waals surface area contributed by atoms with E-state index < -0.39 is 0 Å². The Balaban J connectivity index is 2.54. The number of nitrogens with one attached hydrogen (secondary N) is 1. The van der Waals surface area contributed by atoms with Gasteiger partial charge in [-0.15, -0.1) is 0 Å². The van der Waals surface area contributed by atoms with Gasteiger partial charge in [0.05, 0.1) is 6.54 Å². The standard InChI is InChI=1S/C8H11N3O/c9-8(11-12)10-6-7-4-2-1-3-5-7/h1-5,12H,6H2,(H3,9,10,11). The second kappa shape index (κ2) is 4.35. The Hall–Kier alpha value is -1.55. The molecular formula is C8H11N3O. The Morgan fingerprint density at radius 2 is 2.08 bits per heavy atom. The Kier molecular flexibility index (Phi) is 3.10. The summed E-state index contributed by atoms with van der Waals surface area (Å²) in [4.78, 5) is 3.85. The van der Waals surface area contributed by atoms with E-state index in [1.807, 2.05) is 30.3 Å². The van der Waals surface area contributed by atoms with Crippen LogP contribution in [0.15, 0.2) is 35.3 Å². The van der Waals surface area contributed by atoms with Crippen LogP contribution in [0.2, 0.25) is 0 Å². The van der Waals surface area contributed by atoms with Crippen LogP contribution in [-0.2, 0) is 6.54 Å². The molecule has 0 heterocycles. The number of guanidine groups is 1. The van der Waals surface area contributed by atoms with Gasteiger partial charge in [0.15, 0.2) is 0 Å². The van der Waals surface area contributed by atoms with Gasteiger partial charge in [0.2, 0.25) is 5.96 Å². The molecule has 0 atom stereocenters. The van der Waals surface area contributed by atoms with Gasteiger partial charge in [-0.2, -0.15) is 0 Å². The largest absolute Gasteiger partial charge is 0.368 e. The van der Waals surface area contributed by atoms with Crippen LogP contribution in [0.4, 0.5) is 0 Å². The van der Waals surface area contributed by atoms with Crippen LogP contribution in [0.3, 0.4) is 0 Å². The zero-order chi connectivity index (χ0) is 8.81. The van der Waals surface area contributed by atoms with Crippen molar-refractivity contribution in [3.8, 4) is 0 Å². The Bertz CT molecular complexity index is 258. The summed E-state index contributed by atoms with van der Waals surface area (Å²) in [6, 6.07) is 9.66. The van der Waals surface area contributed by atoms with Crippen LogP contribution in [0.1, 0.15) is 5.56 Å². The van der Waals surface area contributed by atoms with Crippen molar-refractivity contribution in [1.29, 1.82) is 0 Å². The molecule has 0 bridgehead atoms. The highest BCUT2D eigenvalue weighted by atomic mass is 16.5. The monoisotopic (exact) mass is 165 g/mol. The third-order valence-electron chi connectivity index (χ3n) is 1.39. The van der Waals surface area contributed by atoms with Crippen molar-refractivity contribution in [1.82, 2.24) is 5.48 Å². The van der Waals surface area contributed by atoms with Gasteiger partial charge in [-0.05, 0) is 5.56 Å². The van der Waals surface area contributed by atoms with Crippen molar-refractivity contribution < 1.29 is 5.21 Å². The van der Waals surface area contributed by atoms with Crippen molar-refractivity contribution >= 4 is 5.96 Å². The molecule has 4 heteroatoms. The first kappa shape index (κ1) is 8.55. The van der Waals surface area contributed by atoms with Crippen LogP contribution >= 0.6 is 0 Å². The van der Waals surface area contributed by atoms with Crippen LogP contribution in [0.5, 0.6) is 0 Å². The summed E-state index contributed by atoms with van der Waals surface area (Å²) < 4.78 is 0. The number of aliphatic imine (C=N–C) groups is 1. The highest BCUT2D eigenvalue weighted by Crippen LogP contribution is 1.99. The summed E-state index contributed by atoms with van der Waals surface area (Å²) in [6.07, 6.45) is 0. The molecule has 0 aliphatic carbocycles. The molecule has 0 saturated carbocycles. The van der Waals surface area contributed by atoms with Crippen LogP contribution in [-0.4, -0.2) is 11.2 Å². The molecule has 4 N–H and O–H groups in total. The molecule has 0 unspecified atom stereocenters. The predicted molar refractivity (Wildman–Crippen MR) is 46.7 cm³/mol. The number of nitrogens with zero attached hydrogens (tertiary/aromatic N) is 1. The fourth-order valence-electron chi connectivity index (χ4n) is 0.795. The maximum absolute atomic E-state index is 8.31. The van der Waals surface area contributed by atoms with E-state index in [1.54, 1.807) is 5.48 Å². The Morgan fingerprint density at radius 1 is 1.42 bits per heavy atom. The normalized spacial score (nSPS) is 11.2. The van der Waals surface area contributed by atoms with E-state index in [9.17, 15) is 0 Å². The number of benzene rings is 1. The maximum Gasteiger partial charge on any atom is 0.213 e. The van der Waals surface area contributed by atoms with Crippen molar-refractivity contribution in [3.63, 3.8) is 0 Å². The minimum atomic E-state index is 0.0267. The van der Waals surface area contributed by atoms with Gasteiger partial charge in [-0.1, -0.05) is 30.3 Å². The SMILES string of the molecule is NC(=NCc1ccccc1)NO. The van der Waals surface area contributed by atoms with Gasteiger partial charge in [-0.25, -0.2) is 10.5 Å². The average Bonchev–Trinajstić information content (AvgIpc) is 2.16. The lowest BCUT2D eigenvalue weighted by Crippen LogP contribution is -2.28. The molecule has 1 rings (SSSR count). The minimum Gasteiger partial charge on any atom is -0.368 e. The van der Waals surface area contributed by atoms with Crippen LogP contribution in [0, 0.1) is 0 Å². The molecule has 0 amide bonds. The second-order valence-electron chi connectivity index (χ2n) is 2.30. The third kappa shape index (κ3) is 2.59. The molecule has 0 fully saturated rings. The molecule has 64 valence electrons. The Morgan fingerprint density at radius 3 is 2.67 bits per heavy atom. The smallest absolute Gasteiger partial charge is 0.213 e. The lowest BCUT2D eigenvalue weighted by atomic mass is 10.2. The van der Waals surface area contributed by atoms with Crippen molar-refractivity contribution in [3.05, 3.63) is 35.9 Å². The summed E-state index contributed by atoms with van der Waals surface area (Å²) in [5, 5.41) is 8.31. The number of rotatable bonds is 2. The van der Waals surface area contributed by atoms with Gasteiger partial charge >= 0.3 is 0 Å². The first-order chi connectivity index (χ1) is 5.83. The fourth-order valence-corrected chi connectivity index (χ4v) is 0.795. The van der Waals surface area contributed by atoms with E-state index in [2.05, 4.69) is 4.99 Å². The molecule has 0 radical (unpaired) electrons. The Labute approximate surface area is 70.7 Å².